The molecule has 33 heavy (non-hydrogen) atoms. The SMILES string of the molecule is Nc1c(Br)cc(N2CCN(CCCCN3C(=O)c4ccccc4C3=O)CC2)cc1C(F)(F)F. The average molecular weight is 525 g/mol. The molecule has 2 aliphatic rings. The number of rotatable bonds is 6. The van der Waals surface area contributed by atoms with Gasteiger partial charge in [-0.1, -0.05) is 12.1 Å². The van der Waals surface area contributed by atoms with Crippen LogP contribution in [0.25, 0.3) is 0 Å². The van der Waals surface area contributed by atoms with Gasteiger partial charge in [-0.25, -0.2) is 0 Å². The van der Waals surface area contributed by atoms with Crippen molar-refractivity contribution in [1.82, 2.24) is 9.80 Å². The minimum atomic E-state index is -4.51. The predicted molar refractivity (Wildman–Crippen MR) is 123 cm³/mol. The van der Waals surface area contributed by atoms with E-state index in [4.69, 9.17) is 5.73 Å². The molecule has 0 aromatic heterocycles. The number of piperazine rings is 1. The van der Waals surface area contributed by atoms with E-state index >= 15 is 0 Å². The van der Waals surface area contributed by atoms with Crippen LogP contribution in [0.4, 0.5) is 24.5 Å². The first-order valence-electron chi connectivity index (χ1n) is 10.8. The molecule has 2 aromatic rings. The van der Waals surface area contributed by atoms with Gasteiger partial charge in [0, 0.05) is 42.9 Å². The normalized spacial score (nSPS) is 17.1. The van der Waals surface area contributed by atoms with Crippen molar-refractivity contribution in [3.05, 3.63) is 57.6 Å². The maximum Gasteiger partial charge on any atom is 0.418 e. The largest absolute Gasteiger partial charge is 0.418 e. The van der Waals surface area contributed by atoms with E-state index < -0.39 is 11.7 Å². The van der Waals surface area contributed by atoms with Gasteiger partial charge in [0.2, 0.25) is 0 Å². The third kappa shape index (κ3) is 4.86. The van der Waals surface area contributed by atoms with Gasteiger partial charge < -0.3 is 10.6 Å². The molecular formula is C23H24BrF3N4O2. The lowest BCUT2D eigenvalue weighted by Gasteiger charge is -2.36. The molecule has 1 fully saturated rings. The molecule has 0 saturated carbocycles. The highest BCUT2D eigenvalue weighted by atomic mass is 79.9. The predicted octanol–water partition coefficient (Wildman–Crippen LogP) is 4.25. The summed E-state index contributed by atoms with van der Waals surface area (Å²) in [5.41, 5.74) is 5.89. The monoisotopic (exact) mass is 524 g/mol. The fourth-order valence-electron chi connectivity index (χ4n) is 4.30. The van der Waals surface area contributed by atoms with Crippen molar-refractivity contribution in [2.75, 3.05) is 49.9 Å². The Bertz CT molecular complexity index is 1030. The van der Waals surface area contributed by atoms with E-state index in [0.29, 0.717) is 42.9 Å². The number of nitrogens with zero attached hydrogens (tertiary/aromatic N) is 3. The molecule has 2 amide bonds. The Kier molecular flexibility index (Phi) is 6.67. The van der Waals surface area contributed by atoms with Crippen molar-refractivity contribution in [3.63, 3.8) is 0 Å². The van der Waals surface area contributed by atoms with E-state index in [0.717, 1.165) is 32.1 Å². The summed E-state index contributed by atoms with van der Waals surface area (Å²) in [4.78, 5) is 30.3. The molecule has 0 spiro atoms. The van der Waals surface area contributed by atoms with Crippen LogP contribution in [-0.2, 0) is 6.18 Å². The van der Waals surface area contributed by atoms with Crippen LogP contribution in [0.5, 0.6) is 0 Å². The molecule has 2 N–H and O–H groups in total. The number of benzene rings is 2. The van der Waals surface area contributed by atoms with Crippen molar-refractivity contribution in [2.45, 2.75) is 19.0 Å². The van der Waals surface area contributed by atoms with Gasteiger partial charge in [-0.3, -0.25) is 19.4 Å². The fraction of sp³-hybridized carbons (Fsp3) is 0.391. The Morgan fingerprint density at radius 3 is 2.06 bits per heavy atom. The van der Waals surface area contributed by atoms with Gasteiger partial charge >= 0.3 is 6.18 Å². The first kappa shape index (κ1) is 23.6. The van der Waals surface area contributed by atoms with E-state index in [-0.39, 0.29) is 22.0 Å². The van der Waals surface area contributed by atoms with Crippen LogP contribution in [-0.4, -0.2) is 60.9 Å². The third-order valence-electron chi connectivity index (χ3n) is 6.14. The van der Waals surface area contributed by atoms with Crippen LogP contribution < -0.4 is 10.6 Å². The number of anilines is 2. The lowest BCUT2D eigenvalue weighted by Crippen LogP contribution is -2.46. The zero-order valence-corrected chi connectivity index (χ0v) is 19.5. The van der Waals surface area contributed by atoms with Gasteiger partial charge in [-0.15, -0.1) is 0 Å². The number of nitrogen functional groups attached to an aromatic ring is 1. The van der Waals surface area contributed by atoms with Gasteiger partial charge in [-0.2, -0.15) is 13.2 Å². The van der Waals surface area contributed by atoms with E-state index in [1.54, 1.807) is 30.3 Å². The summed E-state index contributed by atoms with van der Waals surface area (Å²) < 4.78 is 40.1. The maximum atomic E-state index is 13.3. The lowest BCUT2D eigenvalue weighted by atomic mass is 10.1. The first-order chi connectivity index (χ1) is 15.7. The zero-order chi connectivity index (χ0) is 23.8. The van der Waals surface area contributed by atoms with E-state index in [1.807, 2.05) is 4.90 Å². The van der Waals surface area contributed by atoms with Crippen molar-refractivity contribution >= 4 is 39.1 Å². The Labute approximate surface area is 198 Å². The molecule has 0 radical (unpaired) electrons. The van der Waals surface area contributed by atoms with Crippen molar-refractivity contribution in [2.24, 2.45) is 0 Å². The van der Waals surface area contributed by atoms with Gasteiger partial charge in [0.1, 0.15) is 0 Å². The topological polar surface area (TPSA) is 69.9 Å². The van der Waals surface area contributed by atoms with Gasteiger partial charge in [0.25, 0.3) is 11.8 Å². The van der Waals surface area contributed by atoms with Crippen LogP contribution in [0.15, 0.2) is 40.9 Å². The van der Waals surface area contributed by atoms with Gasteiger partial charge in [0.15, 0.2) is 0 Å². The summed E-state index contributed by atoms with van der Waals surface area (Å²) in [5.74, 6) is -0.478. The second-order valence-electron chi connectivity index (χ2n) is 8.23. The molecule has 176 valence electrons. The molecule has 0 aliphatic carbocycles. The average Bonchev–Trinajstić information content (AvgIpc) is 3.03. The lowest BCUT2D eigenvalue weighted by molar-refractivity contribution is -0.136. The Balaban J connectivity index is 1.25. The minimum absolute atomic E-state index is 0.239. The molecule has 6 nitrogen and oxygen atoms in total. The summed E-state index contributed by atoms with van der Waals surface area (Å²) in [6, 6.07) is 9.58. The molecule has 1 saturated heterocycles. The van der Waals surface area contributed by atoms with Gasteiger partial charge in [-0.05, 0) is 59.6 Å². The molecule has 10 heteroatoms. The van der Waals surface area contributed by atoms with Crippen LogP contribution in [0, 0.1) is 0 Å². The summed E-state index contributed by atoms with van der Waals surface area (Å²) in [6.45, 7) is 3.83. The number of hydrogen-bond donors (Lipinski definition) is 1. The number of alkyl halides is 3. The maximum absolute atomic E-state index is 13.3. The molecule has 0 bridgehead atoms. The molecule has 4 rings (SSSR count). The molecule has 2 aromatic carbocycles. The highest BCUT2D eigenvalue weighted by molar-refractivity contribution is 9.10. The van der Waals surface area contributed by atoms with Crippen LogP contribution in [0.1, 0.15) is 39.1 Å². The minimum Gasteiger partial charge on any atom is -0.397 e. The fourth-order valence-corrected chi connectivity index (χ4v) is 4.75. The van der Waals surface area contributed by atoms with Crippen LogP contribution >= 0.6 is 15.9 Å². The van der Waals surface area contributed by atoms with Crippen molar-refractivity contribution in [3.8, 4) is 0 Å². The number of fused-ring (bicyclic) bond motifs is 1. The highest BCUT2D eigenvalue weighted by Gasteiger charge is 2.35. The number of carbonyl (C=O) groups excluding carboxylic acids is 2. The molecule has 2 heterocycles. The number of nitrogens with two attached hydrogens (primary N) is 1. The van der Waals surface area contributed by atoms with Gasteiger partial charge in [0.05, 0.1) is 22.4 Å². The van der Waals surface area contributed by atoms with E-state index in [1.165, 1.54) is 4.90 Å². The van der Waals surface area contributed by atoms with Crippen LogP contribution in [0.3, 0.4) is 0 Å². The van der Waals surface area contributed by atoms with Crippen molar-refractivity contribution in [1.29, 1.82) is 0 Å². The van der Waals surface area contributed by atoms with E-state index in [2.05, 4.69) is 20.8 Å². The quantitative estimate of drug-likeness (QED) is 0.347. The number of imide groups is 1. The van der Waals surface area contributed by atoms with Crippen molar-refractivity contribution < 1.29 is 22.8 Å². The Morgan fingerprint density at radius 2 is 1.48 bits per heavy atom. The molecule has 0 atom stereocenters. The molecule has 2 aliphatic heterocycles. The second-order valence-corrected chi connectivity index (χ2v) is 9.08. The number of carbonyl (C=O) groups is 2. The standard InChI is InChI=1S/C23H24BrF3N4O2/c24-19-14-15(13-18(20(19)28)23(25,26)27)30-11-9-29(10-12-30)7-3-4-8-31-21(32)16-5-1-2-6-17(16)22(31)33/h1-2,5-6,13-14H,3-4,7-12,28H2. The zero-order valence-electron chi connectivity index (χ0n) is 17.9. The second kappa shape index (κ2) is 9.34. The smallest absolute Gasteiger partial charge is 0.397 e. The van der Waals surface area contributed by atoms with Crippen LogP contribution in [0.2, 0.25) is 0 Å². The summed E-state index contributed by atoms with van der Waals surface area (Å²) in [7, 11) is 0. The molecule has 0 unspecified atom stereocenters. The number of amides is 2. The summed E-state index contributed by atoms with van der Waals surface area (Å²) in [6.07, 6.45) is -2.99. The summed E-state index contributed by atoms with van der Waals surface area (Å²) in [5, 5.41) is 0. The number of unbranched alkanes of at least 4 members (excludes halogenated alkanes) is 1. The number of halogens is 4. The Morgan fingerprint density at radius 1 is 0.909 bits per heavy atom. The highest BCUT2D eigenvalue weighted by Crippen LogP contribution is 2.40. The number of hydrogen-bond acceptors (Lipinski definition) is 5. The molecular weight excluding hydrogens is 501 g/mol. The first-order valence-corrected chi connectivity index (χ1v) is 11.5. The third-order valence-corrected chi connectivity index (χ3v) is 6.80. The Hall–Kier alpha value is -2.59. The summed E-state index contributed by atoms with van der Waals surface area (Å²) >= 11 is 3.14. The van der Waals surface area contributed by atoms with E-state index in [9.17, 15) is 22.8 Å².